The Balaban J connectivity index is 1.59. The van der Waals surface area contributed by atoms with Gasteiger partial charge in [-0.15, -0.1) is 0 Å². The fraction of sp³-hybridized carbons (Fsp3) is 0.500. The fourth-order valence-electron chi connectivity index (χ4n) is 7.79. The molecule has 352 valence electrons. The smallest absolute Gasteiger partial charge is 0.410 e. The number of aliphatic hydroxyl groups excluding tert-OH is 1. The maximum atomic E-state index is 16.2. The maximum Gasteiger partial charge on any atom is 0.410 e. The van der Waals surface area contributed by atoms with Gasteiger partial charge in [-0.25, -0.2) is 27.7 Å². The normalized spacial score (nSPS) is 17.3. The van der Waals surface area contributed by atoms with Crippen molar-refractivity contribution in [1.29, 1.82) is 0 Å². The number of amides is 5. The van der Waals surface area contributed by atoms with Crippen LogP contribution in [0, 0.1) is 23.0 Å². The average molecular weight is 911 g/mol. The standard InChI is InChI=1S/C46H57F3N6O10/c1-29(64-30(2)57)42(60)55(26-32-25-53(27-36(32)49)44(62)65-45(3,4)5)40(46(6,7)17-22-63-43(61)51(20-21-56)18-19-54-38(58)15-16-39(54)59)41-50-37(34-23-33(47)13-14-35(34)48)28-52(41)24-31-11-9-8-10-12-31/h8-16,23,28-29,32,36,40,56H,17-22,24-27H2,1-7H3. The summed E-state index contributed by atoms with van der Waals surface area (Å²) in [6.07, 6.45) is -0.988. The summed E-state index contributed by atoms with van der Waals surface area (Å²) >= 11 is 0. The predicted molar refractivity (Wildman–Crippen MR) is 229 cm³/mol. The van der Waals surface area contributed by atoms with Crippen LogP contribution in [0.15, 0.2) is 66.9 Å². The van der Waals surface area contributed by atoms with E-state index in [1.807, 2.05) is 18.2 Å². The van der Waals surface area contributed by atoms with Crippen LogP contribution in [0.4, 0.5) is 22.8 Å². The van der Waals surface area contributed by atoms with Crippen LogP contribution in [0.25, 0.3) is 11.3 Å². The number of rotatable bonds is 18. The Kier molecular flexibility index (Phi) is 16.2. The zero-order valence-corrected chi connectivity index (χ0v) is 37.7. The van der Waals surface area contributed by atoms with Crippen molar-refractivity contribution in [2.75, 3.05) is 52.5 Å². The lowest BCUT2D eigenvalue weighted by atomic mass is 9.79. The molecule has 3 aromatic rings. The average Bonchev–Trinajstić information content (AvgIpc) is 3.91. The van der Waals surface area contributed by atoms with Crippen LogP contribution < -0.4 is 0 Å². The first-order valence-electron chi connectivity index (χ1n) is 21.3. The van der Waals surface area contributed by atoms with E-state index in [1.165, 1.54) is 22.9 Å². The molecule has 1 fully saturated rings. The molecule has 5 amide bonds. The number of imidazole rings is 1. The molecule has 0 bridgehead atoms. The molecule has 65 heavy (non-hydrogen) atoms. The van der Waals surface area contributed by atoms with Crippen LogP contribution in [-0.2, 0) is 39.9 Å². The van der Waals surface area contributed by atoms with Gasteiger partial charge in [-0.05, 0) is 63.3 Å². The maximum absolute atomic E-state index is 16.2. The SMILES string of the molecule is CC(=O)OC(C)C(=O)N(CC1CN(C(=O)OC(C)(C)C)CC1F)C(c1nc(-c2cc(F)ccc2F)cn1Cc1ccccc1)C(C)(C)CCOC(=O)N(CCO)CCN1C(=O)C=CC1=O. The molecule has 1 aromatic heterocycles. The molecule has 1 N–H and O–H groups in total. The second-order valence-electron chi connectivity index (χ2n) is 17.8. The first-order valence-corrected chi connectivity index (χ1v) is 21.3. The van der Waals surface area contributed by atoms with Crippen molar-refractivity contribution in [2.24, 2.45) is 11.3 Å². The quantitative estimate of drug-likeness (QED) is 0.0944. The Morgan fingerprint density at radius 1 is 0.969 bits per heavy atom. The lowest BCUT2D eigenvalue weighted by molar-refractivity contribution is -0.161. The van der Waals surface area contributed by atoms with E-state index in [1.54, 1.807) is 51.3 Å². The van der Waals surface area contributed by atoms with Gasteiger partial charge < -0.3 is 38.6 Å². The van der Waals surface area contributed by atoms with Crippen LogP contribution in [0.1, 0.15) is 72.3 Å². The van der Waals surface area contributed by atoms with Crippen molar-refractivity contribution >= 4 is 35.9 Å². The number of hydrogen-bond donors (Lipinski definition) is 1. The van der Waals surface area contributed by atoms with Gasteiger partial charge in [0.15, 0.2) is 6.10 Å². The minimum Gasteiger partial charge on any atom is -0.453 e. The van der Waals surface area contributed by atoms with E-state index in [0.717, 1.165) is 52.6 Å². The van der Waals surface area contributed by atoms with E-state index >= 15 is 8.78 Å². The van der Waals surface area contributed by atoms with E-state index in [4.69, 9.17) is 19.2 Å². The van der Waals surface area contributed by atoms with Crippen molar-refractivity contribution < 1.29 is 61.3 Å². The highest BCUT2D eigenvalue weighted by Gasteiger charge is 2.47. The molecule has 0 aliphatic carbocycles. The summed E-state index contributed by atoms with van der Waals surface area (Å²) in [7, 11) is 0. The highest BCUT2D eigenvalue weighted by Crippen LogP contribution is 2.44. The summed E-state index contributed by atoms with van der Waals surface area (Å²) < 4.78 is 64.8. The largest absolute Gasteiger partial charge is 0.453 e. The number of benzene rings is 2. The summed E-state index contributed by atoms with van der Waals surface area (Å²) in [4.78, 5) is 87.5. The molecule has 1 saturated heterocycles. The number of halogens is 3. The van der Waals surface area contributed by atoms with Gasteiger partial charge in [0.2, 0.25) is 0 Å². The summed E-state index contributed by atoms with van der Waals surface area (Å²) in [6, 6.07) is 10.8. The van der Waals surface area contributed by atoms with Crippen molar-refractivity contribution in [3.8, 4) is 11.3 Å². The molecule has 4 unspecified atom stereocenters. The van der Waals surface area contributed by atoms with E-state index in [2.05, 4.69) is 0 Å². The molecule has 5 rings (SSSR count). The fourth-order valence-corrected chi connectivity index (χ4v) is 7.79. The molecule has 2 aliphatic heterocycles. The highest BCUT2D eigenvalue weighted by atomic mass is 19.1. The van der Waals surface area contributed by atoms with Gasteiger partial charge in [0, 0.05) is 76.0 Å². The molecule has 0 saturated carbocycles. The third-order valence-corrected chi connectivity index (χ3v) is 11.0. The van der Waals surface area contributed by atoms with Crippen LogP contribution >= 0.6 is 0 Å². The number of alkyl halides is 1. The zero-order valence-electron chi connectivity index (χ0n) is 37.7. The van der Waals surface area contributed by atoms with Gasteiger partial charge >= 0.3 is 18.2 Å². The molecule has 3 heterocycles. The Hall–Kier alpha value is -6.24. The molecule has 2 aromatic carbocycles. The summed E-state index contributed by atoms with van der Waals surface area (Å²) in [6.45, 7) is 8.99. The van der Waals surface area contributed by atoms with E-state index in [-0.39, 0.29) is 75.9 Å². The second kappa shape index (κ2) is 21.2. The molecule has 2 aliphatic rings. The minimum atomic E-state index is -1.65. The topological polar surface area (TPSA) is 181 Å². The summed E-state index contributed by atoms with van der Waals surface area (Å²) in [5.41, 5.74) is -1.50. The molecular formula is C46H57F3N6O10. The number of carbonyl (C=O) groups excluding carboxylic acids is 6. The zero-order chi connectivity index (χ0) is 47.8. The first-order chi connectivity index (χ1) is 30.6. The predicted octanol–water partition coefficient (Wildman–Crippen LogP) is 5.68. The van der Waals surface area contributed by atoms with Gasteiger partial charge in [-0.2, -0.15) is 0 Å². The number of esters is 1. The lowest BCUT2D eigenvalue weighted by Crippen LogP contribution is -2.50. The molecular weight excluding hydrogens is 854 g/mol. The van der Waals surface area contributed by atoms with Gasteiger partial charge in [0.25, 0.3) is 17.7 Å². The van der Waals surface area contributed by atoms with Crippen LogP contribution in [0.3, 0.4) is 0 Å². The van der Waals surface area contributed by atoms with Gasteiger partial charge in [0.05, 0.1) is 31.5 Å². The molecule has 0 spiro atoms. The number of ether oxygens (including phenoxy) is 3. The third-order valence-electron chi connectivity index (χ3n) is 11.0. The van der Waals surface area contributed by atoms with Gasteiger partial charge in [-0.3, -0.25) is 24.1 Å². The Bertz CT molecular complexity index is 2230. The number of carbonyl (C=O) groups is 6. The number of nitrogens with zero attached hydrogens (tertiary/aromatic N) is 6. The first kappa shape index (κ1) is 49.8. The lowest BCUT2D eigenvalue weighted by Gasteiger charge is -2.43. The Morgan fingerprint density at radius 2 is 1.65 bits per heavy atom. The van der Waals surface area contributed by atoms with Crippen molar-refractivity contribution in [3.63, 3.8) is 0 Å². The van der Waals surface area contributed by atoms with Crippen molar-refractivity contribution in [3.05, 3.63) is 89.9 Å². The number of aliphatic hydroxyl groups is 1. The molecule has 0 radical (unpaired) electrons. The second-order valence-corrected chi connectivity index (χ2v) is 17.8. The van der Waals surface area contributed by atoms with Crippen molar-refractivity contribution in [2.45, 2.75) is 85.4 Å². The highest BCUT2D eigenvalue weighted by molar-refractivity contribution is 6.12. The molecule has 19 heteroatoms. The van der Waals surface area contributed by atoms with Crippen molar-refractivity contribution in [1.82, 2.24) is 29.2 Å². The van der Waals surface area contributed by atoms with E-state index in [0.29, 0.717) is 0 Å². The number of hydrogen-bond acceptors (Lipinski definition) is 11. The van der Waals surface area contributed by atoms with Crippen LogP contribution in [0.2, 0.25) is 0 Å². The van der Waals surface area contributed by atoms with Crippen LogP contribution in [-0.4, -0.2) is 140 Å². The van der Waals surface area contributed by atoms with E-state index < -0.39 is 89.4 Å². The Morgan fingerprint density at radius 3 is 2.28 bits per heavy atom. The Labute approximate surface area is 375 Å². The van der Waals surface area contributed by atoms with E-state index in [9.17, 15) is 38.3 Å². The molecule has 4 atom stereocenters. The van der Waals surface area contributed by atoms with Gasteiger partial charge in [-0.1, -0.05) is 44.2 Å². The van der Waals surface area contributed by atoms with Crippen LogP contribution in [0.5, 0.6) is 0 Å². The number of likely N-dealkylation sites (tertiary alicyclic amines) is 1. The number of imide groups is 1. The molecule has 16 nitrogen and oxygen atoms in total. The summed E-state index contributed by atoms with van der Waals surface area (Å²) in [5.74, 6) is -5.01. The monoisotopic (exact) mass is 910 g/mol. The number of aromatic nitrogens is 2. The minimum absolute atomic E-state index is 0.00531. The van der Waals surface area contributed by atoms with Gasteiger partial charge in [0.1, 0.15) is 29.2 Å². The summed E-state index contributed by atoms with van der Waals surface area (Å²) in [5, 5.41) is 9.74. The third kappa shape index (κ3) is 13.0.